The molecule has 9 heteroatoms. The van der Waals surface area contributed by atoms with Gasteiger partial charge in [0, 0.05) is 11.6 Å². The third-order valence-electron chi connectivity index (χ3n) is 3.99. The molecule has 1 aromatic heterocycles. The zero-order valence-corrected chi connectivity index (χ0v) is 16.8. The van der Waals surface area contributed by atoms with Gasteiger partial charge >= 0.3 is 0 Å². The SMILES string of the molecule is COc1ccccc1-c1nnc(SCC(=O)NCCc2ccc(Cl)cc2)n1N. The Morgan fingerprint density at radius 2 is 1.96 bits per heavy atom. The van der Waals surface area contributed by atoms with Crippen molar-refractivity contribution in [2.75, 3.05) is 25.3 Å². The average Bonchev–Trinajstić information content (AvgIpc) is 3.08. The minimum absolute atomic E-state index is 0.0965. The number of nitrogens with two attached hydrogens (primary N) is 1. The van der Waals surface area contributed by atoms with Crippen LogP contribution in [0.15, 0.2) is 53.7 Å². The lowest BCUT2D eigenvalue weighted by atomic mass is 10.1. The van der Waals surface area contributed by atoms with E-state index in [-0.39, 0.29) is 11.7 Å². The molecule has 1 amide bonds. The molecule has 7 nitrogen and oxygen atoms in total. The van der Waals surface area contributed by atoms with Crippen LogP contribution in [-0.2, 0) is 11.2 Å². The number of carbonyl (C=O) groups excluding carboxylic acids is 1. The van der Waals surface area contributed by atoms with Gasteiger partial charge in [0.2, 0.25) is 11.1 Å². The summed E-state index contributed by atoms with van der Waals surface area (Å²) in [6.07, 6.45) is 0.735. The molecule has 0 aliphatic carbocycles. The van der Waals surface area contributed by atoms with Gasteiger partial charge in [-0.05, 0) is 36.2 Å². The van der Waals surface area contributed by atoms with E-state index in [1.807, 2.05) is 48.5 Å². The summed E-state index contributed by atoms with van der Waals surface area (Å²) in [5.74, 6) is 7.33. The van der Waals surface area contributed by atoms with Crippen LogP contribution < -0.4 is 15.9 Å². The number of benzene rings is 2. The molecule has 2 aromatic carbocycles. The molecule has 0 aliphatic rings. The number of nitrogen functional groups attached to an aromatic ring is 1. The van der Waals surface area contributed by atoms with Crippen LogP contribution in [0.3, 0.4) is 0 Å². The number of halogens is 1. The van der Waals surface area contributed by atoms with Crippen LogP contribution in [-0.4, -0.2) is 40.2 Å². The fraction of sp³-hybridized carbons (Fsp3) is 0.211. The predicted octanol–water partition coefficient (Wildman–Crippen LogP) is 2.77. The molecule has 1 heterocycles. The number of amides is 1. The number of methoxy groups -OCH3 is 1. The van der Waals surface area contributed by atoms with Crippen LogP contribution in [0.4, 0.5) is 0 Å². The molecular weight excluding hydrogens is 398 g/mol. The van der Waals surface area contributed by atoms with Gasteiger partial charge in [0.05, 0.1) is 18.4 Å². The molecule has 0 aliphatic heterocycles. The molecule has 3 rings (SSSR count). The summed E-state index contributed by atoms with van der Waals surface area (Å²) < 4.78 is 6.70. The number of rotatable bonds is 8. The van der Waals surface area contributed by atoms with Crippen molar-refractivity contribution in [2.45, 2.75) is 11.6 Å². The van der Waals surface area contributed by atoms with Gasteiger partial charge in [-0.3, -0.25) is 4.79 Å². The highest BCUT2D eigenvalue weighted by molar-refractivity contribution is 7.99. The molecule has 0 fully saturated rings. The van der Waals surface area contributed by atoms with E-state index in [1.54, 1.807) is 7.11 Å². The Balaban J connectivity index is 1.52. The Kier molecular flexibility index (Phi) is 6.78. The van der Waals surface area contributed by atoms with Crippen molar-refractivity contribution in [1.82, 2.24) is 20.2 Å². The van der Waals surface area contributed by atoms with Crippen LogP contribution >= 0.6 is 23.4 Å². The molecular formula is C19H20ClN5O2S. The maximum atomic E-state index is 12.1. The normalized spacial score (nSPS) is 10.6. The zero-order valence-electron chi connectivity index (χ0n) is 15.3. The van der Waals surface area contributed by atoms with Crippen molar-refractivity contribution in [3.63, 3.8) is 0 Å². The van der Waals surface area contributed by atoms with E-state index < -0.39 is 0 Å². The summed E-state index contributed by atoms with van der Waals surface area (Å²) in [5, 5.41) is 12.2. The van der Waals surface area contributed by atoms with E-state index >= 15 is 0 Å². The number of hydrogen-bond acceptors (Lipinski definition) is 6. The van der Waals surface area contributed by atoms with Crippen LogP contribution in [0.5, 0.6) is 5.75 Å². The quantitative estimate of drug-likeness (QED) is 0.432. The maximum absolute atomic E-state index is 12.1. The second-order valence-corrected chi connectivity index (χ2v) is 7.27. The first-order valence-electron chi connectivity index (χ1n) is 8.56. The Labute approximate surface area is 172 Å². The van der Waals surface area contributed by atoms with Crippen LogP contribution in [0.25, 0.3) is 11.4 Å². The Bertz CT molecular complexity index is 946. The number of nitrogens with one attached hydrogen (secondary N) is 1. The van der Waals surface area contributed by atoms with Gasteiger partial charge in [-0.25, -0.2) is 4.68 Å². The van der Waals surface area contributed by atoms with E-state index in [9.17, 15) is 4.79 Å². The van der Waals surface area contributed by atoms with Crippen molar-refractivity contribution in [3.8, 4) is 17.1 Å². The van der Waals surface area contributed by atoms with Crippen molar-refractivity contribution >= 4 is 29.3 Å². The van der Waals surface area contributed by atoms with Gasteiger partial charge < -0.3 is 15.9 Å². The number of aromatic nitrogens is 3. The summed E-state index contributed by atoms with van der Waals surface area (Å²) in [4.78, 5) is 12.1. The highest BCUT2D eigenvalue weighted by Gasteiger charge is 2.16. The maximum Gasteiger partial charge on any atom is 0.230 e. The van der Waals surface area contributed by atoms with Gasteiger partial charge in [-0.1, -0.05) is 47.6 Å². The van der Waals surface area contributed by atoms with E-state index in [2.05, 4.69) is 15.5 Å². The van der Waals surface area contributed by atoms with Crippen LogP contribution in [0.2, 0.25) is 5.02 Å². The van der Waals surface area contributed by atoms with Gasteiger partial charge in [0.1, 0.15) is 5.75 Å². The summed E-state index contributed by atoms with van der Waals surface area (Å²) in [6, 6.07) is 15.0. The Hall–Kier alpha value is -2.71. The highest BCUT2D eigenvalue weighted by Crippen LogP contribution is 2.29. The van der Waals surface area contributed by atoms with E-state index in [4.69, 9.17) is 22.2 Å². The van der Waals surface area contributed by atoms with E-state index in [0.717, 1.165) is 17.5 Å². The smallest absolute Gasteiger partial charge is 0.230 e. The number of thioether (sulfide) groups is 1. The van der Waals surface area contributed by atoms with Crippen molar-refractivity contribution < 1.29 is 9.53 Å². The molecule has 0 saturated heterocycles. The molecule has 0 spiro atoms. The fourth-order valence-corrected chi connectivity index (χ4v) is 3.38. The lowest BCUT2D eigenvalue weighted by Crippen LogP contribution is -2.27. The largest absolute Gasteiger partial charge is 0.496 e. The Morgan fingerprint density at radius 3 is 2.71 bits per heavy atom. The third kappa shape index (κ3) is 4.96. The van der Waals surface area contributed by atoms with Crippen molar-refractivity contribution in [3.05, 3.63) is 59.1 Å². The van der Waals surface area contributed by atoms with Crippen molar-refractivity contribution in [2.24, 2.45) is 0 Å². The average molecular weight is 418 g/mol. The molecule has 0 unspecified atom stereocenters. The van der Waals surface area contributed by atoms with E-state index in [0.29, 0.717) is 28.3 Å². The summed E-state index contributed by atoms with van der Waals surface area (Å²) in [7, 11) is 1.58. The summed E-state index contributed by atoms with van der Waals surface area (Å²) in [6.45, 7) is 0.544. The molecule has 3 aromatic rings. The minimum Gasteiger partial charge on any atom is -0.496 e. The first-order chi connectivity index (χ1) is 13.6. The molecule has 3 N–H and O–H groups in total. The number of carbonyl (C=O) groups is 1. The summed E-state index contributed by atoms with van der Waals surface area (Å²) in [5.41, 5.74) is 1.85. The van der Waals surface area contributed by atoms with Gasteiger partial charge in [0.15, 0.2) is 5.82 Å². The first kappa shape index (κ1) is 20.0. The lowest BCUT2D eigenvalue weighted by Gasteiger charge is -2.08. The molecule has 0 atom stereocenters. The van der Waals surface area contributed by atoms with Gasteiger partial charge in [0.25, 0.3) is 0 Å². The second-order valence-electron chi connectivity index (χ2n) is 5.89. The first-order valence-corrected chi connectivity index (χ1v) is 9.92. The number of nitrogens with zero attached hydrogens (tertiary/aromatic N) is 3. The Morgan fingerprint density at radius 1 is 1.21 bits per heavy atom. The summed E-state index contributed by atoms with van der Waals surface area (Å²) >= 11 is 7.09. The minimum atomic E-state index is -0.0965. The molecule has 146 valence electrons. The third-order valence-corrected chi connectivity index (χ3v) is 5.19. The molecule has 0 bridgehead atoms. The van der Waals surface area contributed by atoms with Crippen molar-refractivity contribution in [1.29, 1.82) is 0 Å². The number of para-hydroxylation sites is 1. The molecule has 28 heavy (non-hydrogen) atoms. The zero-order chi connectivity index (χ0) is 19.9. The molecule has 0 saturated carbocycles. The fourth-order valence-electron chi connectivity index (χ4n) is 2.57. The van der Waals surface area contributed by atoms with Gasteiger partial charge in [-0.15, -0.1) is 10.2 Å². The van der Waals surface area contributed by atoms with Crippen LogP contribution in [0.1, 0.15) is 5.56 Å². The van der Waals surface area contributed by atoms with Crippen LogP contribution in [0, 0.1) is 0 Å². The van der Waals surface area contributed by atoms with Gasteiger partial charge in [-0.2, -0.15) is 0 Å². The highest BCUT2D eigenvalue weighted by atomic mass is 35.5. The predicted molar refractivity (Wildman–Crippen MR) is 111 cm³/mol. The monoisotopic (exact) mass is 417 g/mol. The number of hydrogen-bond donors (Lipinski definition) is 2. The number of ether oxygens (including phenoxy) is 1. The standard InChI is InChI=1S/C19H20ClN5O2S/c1-27-16-5-3-2-4-15(16)18-23-24-19(25(18)21)28-12-17(26)22-11-10-13-6-8-14(20)9-7-13/h2-9H,10-12,21H2,1H3,(H,22,26). The second kappa shape index (κ2) is 9.48. The van der Waals surface area contributed by atoms with E-state index in [1.165, 1.54) is 16.4 Å². The molecule has 0 radical (unpaired) electrons. The lowest BCUT2D eigenvalue weighted by molar-refractivity contribution is -0.118. The topological polar surface area (TPSA) is 95.1 Å².